The maximum absolute atomic E-state index is 13.3. The Balaban J connectivity index is 1.88. The summed E-state index contributed by atoms with van der Waals surface area (Å²) in [7, 11) is -0.824. The topological polar surface area (TPSA) is 81.3 Å². The summed E-state index contributed by atoms with van der Waals surface area (Å²) in [5.41, 5.74) is 2.51. The van der Waals surface area contributed by atoms with E-state index in [4.69, 9.17) is 32.7 Å². The lowest BCUT2D eigenvalue weighted by molar-refractivity contribution is 0.414. The van der Waals surface area contributed by atoms with Crippen molar-refractivity contribution in [1.82, 2.24) is 9.97 Å². The van der Waals surface area contributed by atoms with Gasteiger partial charge in [-0.15, -0.1) is 0 Å². The molecule has 9 heteroatoms. The van der Waals surface area contributed by atoms with Crippen LogP contribution < -0.4 is 9.47 Å². The summed E-state index contributed by atoms with van der Waals surface area (Å²) in [6.07, 6.45) is 0. The Hall–Kier alpha value is -3.00. The van der Waals surface area contributed by atoms with Crippen LogP contribution in [0.25, 0.3) is 22.5 Å². The lowest BCUT2D eigenvalue weighted by Crippen LogP contribution is -2.04. The number of nitrogens with zero attached hydrogens (tertiary/aromatic N) is 1. The Kier molecular flexibility index (Phi) is 6.15. The van der Waals surface area contributed by atoms with E-state index in [9.17, 15) is 8.42 Å². The number of rotatable bonds is 6. The van der Waals surface area contributed by atoms with Gasteiger partial charge < -0.3 is 14.5 Å². The number of aromatic amines is 1. The van der Waals surface area contributed by atoms with Gasteiger partial charge in [0.15, 0.2) is 0 Å². The first-order valence-corrected chi connectivity index (χ1v) is 11.7. The standard InChI is InChI=1S/C23H18Cl2N2O4S/c1-30-16-7-3-14(4-8-16)21-22(15-5-9-17(31-2)10-6-15)27-23(26-21)32(28,29)18-11-12-19(24)20(25)13-18/h3-13H,1-2H3,(H,26,27). The molecule has 6 nitrogen and oxygen atoms in total. The number of sulfone groups is 1. The van der Waals surface area contributed by atoms with Crippen LogP contribution in [0.2, 0.25) is 10.0 Å². The summed E-state index contributed by atoms with van der Waals surface area (Å²) in [6, 6.07) is 18.6. The van der Waals surface area contributed by atoms with Crippen molar-refractivity contribution in [3.8, 4) is 34.0 Å². The Morgan fingerprint density at radius 1 is 0.781 bits per heavy atom. The largest absolute Gasteiger partial charge is 0.497 e. The quantitative estimate of drug-likeness (QED) is 0.365. The van der Waals surface area contributed by atoms with Gasteiger partial charge in [-0.05, 0) is 66.7 Å². The number of aromatic nitrogens is 2. The fourth-order valence-electron chi connectivity index (χ4n) is 3.16. The third-order valence-electron chi connectivity index (χ3n) is 4.88. The van der Waals surface area contributed by atoms with E-state index in [1.165, 1.54) is 18.2 Å². The molecule has 0 unspecified atom stereocenters. The Morgan fingerprint density at radius 2 is 1.34 bits per heavy atom. The van der Waals surface area contributed by atoms with Gasteiger partial charge >= 0.3 is 0 Å². The molecule has 0 amide bonds. The van der Waals surface area contributed by atoms with Crippen LogP contribution in [0.15, 0.2) is 76.8 Å². The number of imidazole rings is 1. The minimum atomic E-state index is -3.98. The average Bonchev–Trinajstić information content (AvgIpc) is 3.27. The number of methoxy groups -OCH3 is 2. The SMILES string of the molecule is COc1ccc(-c2nc(S(=O)(=O)c3ccc(Cl)c(Cl)c3)[nH]c2-c2ccc(OC)cc2)cc1. The molecule has 0 saturated heterocycles. The van der Waals surface area contributed by atoms with Crippen LogP contribution in [0.1, 0.15) is 0 Å². The zero-order chi connectivity index (χ0) is 22.9. The normalized spacial score (nSPS) is 11.4. The van der Waals surface area contributed by atoms with E-state index in [1.54, 1.807) is 38.5 Å². The summed E-state index contributed by atoms with van der Waals surface area (Å²) in [5.74, 6) is 1.36. The third kappa shape index (κ3) is 4.19. The van der Waals surface area contributed by atoms with E-state index >= 15 is 0 Å². The molecule has 0 bridgehead atoms. The second-order valence-electron chi connectivity index (χ2n) is 6.80. The minimum absolute atomic E-state index is 0.0109. The zero-order valence-electron chi connectivity index (χ0n) is 17.1. The lowest BCUT2D eigenvalue weighted by Gasteiger charge is -2.06. The molecule has 0 radical (unpaired) electrons. The van der Waals surface area contributed by atoms with Crippen molar-refractivity contribution >= 4 is 33.0 Å². The average molecular weight is 489 g/mol. The van der Waals surface area contributed by atoms with Crippen LogP contribution >= 0.6 is 23.2 Å². The fourth-order valence-corrected chi connectivity index (χ4v) is 4.71. The van der Waals surface area contributed by atoms with Gasteiger partial charge in [-0.1, -0.05) is 23.2 Å². The van der Waals surface area contributed by atoms with Gasteiger partial charge in [-0.2, -0.15) is 0 Å². The van der Waals surface area contributed by atoms with Crippen molar-refractivity contribution in [2.24, 2.45) is 0 Å². The summed E-state index contributed by atoms with van der Waals surface area (Å²) in [4.78, 5) is 7.44. The van der Waals surface area contributed by atoms with E-state index in [-0.39, 0.29) is 20.1 Å². The lowest BCUT2D eigenvalue weighted by atomic mass is 10.0. The first-order valence-electron chi connectivity index (χ1n) is 9.42. The van der Waals surface area contributed by atoms with Crippen molar-refractivity contribution in [2.45, 2.75) is 10.1 Å². The molecule has 4 rings (SSSR count). The predicted octanol–water partition coefficient (Wildman–Crippen LogP) is 5.90. The molecule has 32 heavy (non-hydrogen) atoms. The molecular formula is C23H18Cl2N2O4S. The molecule has 1 heterocycles. The summed E-state index contributed by atoms with van der Waals surface area (Å²) in [6.45, 7) is 0. The first kappa shape index (κ1) is 22.2. The Labute approximate surface area is 195 Å². The smallest absolute Gasteiger partial charge is 0.239 e. The second-order valence-corrected chi connectivity index (χ2v) is 9.48. The minimum Gasteiger partial charge on any atom is -0.497 e. The van der Waals surface area contributed by atoms with Gasteiger partial charge in [0.1, 0.15) is 11.5 Å². The van der Waals surface area contributed by atoms with Crippen molar-refractivity contribution in [2.75, 3.05) is 14.2 Å². The van der Waals surface area contributed by atoms with E-state index in [1.807, 2.05) is 24.3 Å². The van der Waals surface area contributed by atoms with Crippen LogP contribution in [0.3, 0.4) is 0 Å². The number of benzene rings is 3. The van der Waals surface area contributed by atoms with Crippen molar-refractivity contribution in [3.63, 3.8) is 0 Å². The van der Waals surface area contributed by atoms with Gasteiger partial charge in [-0.3, -0.25) is 0 Å². The van der Waals surface area contributed by atoms with Gasteiger partial charge in [-0.25, -0.2) is 13.4 Å². The predicted molar refractivity (Wildman–Crippen MR) is 124 cm³/mol. The molecule has 1 N–H and O–H groups in total. The molecule has 4 aromatic rings. The molecule has 0 spiro atoms. The number of nitrogens with one attached hydrogen (secondary N) is 1. The summed E-state index contributed by atoms with van der Waals surface area (Å²) < 4.78 is 37.0. The highest BCUT2D eigenvalue weighted by molar-refractivity contribution is 7.91. The maximum Gasteiger partial charge on any atom is 0.239 e. The second kappa shape index (κ2) is 8.86. The van der Waals surface area contributed by atoms with Crippen LogP contribution in [-0.2, 0) is 9.84 Å². The number of H-pyrrole nitrogens is 1. The number of ether oxygens (including phenoxy) is 2. The molecule has 1 aromatic heterocycles. The summed E-state index contributed by atoms with van der Waals surface area (Å²) >= 11 is 12.0. The van der Waals surface area contributed by atoms with E-state index < -0.39 is 9.84 Å². The fraction of sp³-hybridized carbons (Fsp3) is 0.0870. The van der Waals surface area contributed by atoms with E-state index in [2.05, 4.69) is 9.97 Å². The molecule has 0 fully saturated rings. The number of hydrogen-bond donors (Lipinski definition) is 1. The highest BCUT2D eigenvalue weighted by Gasteiger charge is 2.26. The van der Waals surface area contributed by atoms with Crippen LogP contribution in [0.4, 0.5) is 0 Å². The van der Waals surface area contributed by atoms with Crippen molar-refractivity contribution in [1.29, 1.82) is 0 Å². The molecule has 3 aromatic carbocycles. The highest BCUT2D eigenvalue weighted by Crippen LogP contribution is 2.35. The monoisotopic (exact) mass is 488 g/mol. The molecule has 0 saturated carbocycles. The van der Waals surface area contributed by atoms with Gasteiger partial charge in [0.25, 0.3) is 0 Å². The Bertz CT molecular complexity index is 1300. The summed E-state index contributed by atoms with van der Waals surface area (Å²) in [5, 5.41) is 0.209. The molecule has 164 valence electrons. The first-order chi connectivity index (χ1) is 15.3. The van der Waals surface area contributed by atoms with E-state index in [0.717, 1.165) is 11.1 Å². The highest BCUT2D eigenvalue weighted by atomic mass is 35.5. The zero-order valence-corrected chi connectivity index (χ0v) is 19.4. The van der Waals surface area contributed by atoms with Crippen molar-refractivity contribution < 1.29 is 17.9 Å². The number of hydrogen-bond acceptors (Lipinski definition) is 5. The third-order valence-corrected chi connectivity index (χ3v) is 7.20. The molecule has 0 aliphatic rings. The molecule has 0 aliphatic carbocycles. The molecule has 0 atom stereocenters. The van der Waals surface area contributed by atoms with E-state index in [0.29, 0.717) is 22.9 Å². The van der Waals surface area contributed by atoms with Crippen LogP contribution in [0.5, 0.6) is 11.5 Å². The van der Waals surface area contributed by atoms with Crippen molar-refractivity contribution in [3.05, 3.63) is 76.8 Å². The molecular weight excluding hydrogens is 471 g/mol. The maximum atomic E-state index is 13.3. The molecule has 0 aliphatic heterocycles. The van der Waals surface area contributed by atoms with Gasteiger partial charge in [0.2, 0.25) is 15.0 Å². The Morgan fingerprint density at radius 3 is 1.88 bits per heavy atom. The van der Waals surface area contributed by atoms with Gasteiger partial charge in [0.05, 0.1) is 40.5 Å². The number of halogens is 2. The van der Waals surface area contributed by atoms with Crippen LogP contribution in [0, 0.1) is 0 Å². The van der Waals surface area contributed by atoms with Crippen LogP contribution in [-0.4, -0.2) is 32.6 Å². The van der Waals surface area contributed by atoms with Gasteiger partial charge in [0, 0.05) is 11.1 Å².